The van der Waals surface area contributed by atoms with E-state index in [1.807, 2.05) is 11.0 Å². The van der Waals surface area contributed by atoms with Gasteiger partial charge in [-0.1, -0.05) is 19.1 Å². The minimum absolute atomic E-state index is 0.0622. The smallest absolute Gasteiger partial charge is 0.290 e. The van der Waals surface area contributed by atoms with Gasteiger partial charge >= 0.3 is 0 Å². The first-order valence-corrected chi connectivity index (χ1v) is 10.6. The van der Waals surface area contributed by atoms with Crippen molar-refractivity contribution in [2.75, 3.05) is 39.3 Å². The molecule has 2 aliphatic heterocycles. The van der Waals surface area contributed by atoms with E-state index in [4.69, 9.17) is 14.6 Å². The van der Waals surface area contributed by atoms with E-state index in [9.17, 15) is 9.90 Å². The highest BCUT2D eigenvalue weighted by Crippen LogP contribution is 2.31. The van der Waals surface area contributed by atoms with Crippen LogP contribution in [0.4, 0.5) is 0 Å². The number of carbonyl (C=O) groups excluding carboxylic acids is 1. The number of piperidine rings is 1. The van der Waals surface area contributed by atoms with E-state index in [0.29, 0.717) is 36.6 Å². The molecule has 1 aromatic carbocycles. The van der Waals surface area contributed by atoms with E-state index < -0.39 is 0 Å². The fourth-order valence-electron chi connectivity index (χ4n) is 4.25. The van der Waals surface area contributed by atoms with Crippen molar-refractivity contribution in [2.24, 2.45) is 0 Å². The summed E-state index contributed by atoms with van der Waals surface area (Å²) in [6.07, 6.45) is 3.09. The third-order valence-electron chi connectivity index (χ3n) is 5.83. The molecular weight excluding hydrogens is 400 g/mol. The van der Waals surface area contributed by atoms with E-state index in [1.54, 1.807) is 24.3 Å². The highest BCUT2D eigenvalue weighted by Gasteiger charge is 2.41. The van der Waals surface area contributed by atoms with Crippen LogP contribution in [0.25, 0.3) is 11.3 Å². The second-order valence-corrected chi connectivity index (χ2v) is 7.89. The normalized spacial score (nSPS) is 18.3. The molecule has 3 N–H and O–H groups in total. The largest absolute Gasteiger partial charge is 0.507 e. The maximum atomic E-state index is 13.0. The van der Waals surface area contributed by atoms with Gasteiger partial charge in [-0.05, 0) is 44.0 Å². The van der Waals surface area contributed by atoms with E-state index >= 15 is 0 Å². The summed E-state index contributed by atoms with van der Waals surface area (Å²) in [5.74, 6) is 0.0880. The van der Waals surface area contributed by atoms with Crippen molar-refractivity contribution in [3.63, 3.8) is 0 Å². The van der Waals surface area contributed by atoms with Gasteiger partial charge in [-0.3, -0.25) is 14.7 Å². The number of phenolic OH excluding ortho intramolecular Hbond substituents is 1. The highest BCUT2D eigenvalue weighted by molar-refractivity contribution is 5.93. The number of nitrogens with zero attached hydrogens (tertiary/aromatic N) is 3. The third-order valence-corrected chi connectivity index (χ3v) is 5.83. The van der Waals surface area contributed by atoms with Crippen LogP contribution in [0.15, 0.2) is 30.3 Å². The quantitative estimate of drug-likeness (QED) is 0.636. The number of benzene rings is 1. The Hall–Kier alpha value is -2.91. The molecule has 9 nitrogen and oxygen atoms in total. The summed E-state index contributed by atoms with van der Waals surface area (Å²) in [5, 5.41) is 24.0. The van der Waals surface area contributed by atoms with E-state index in [1.165, 1.54) is 0 Å². The minimum atomic E-state index is -0.250. The highest BCUT2D eigenvalue weighted by atomic mass is 16.5. The molecule has 2 aromatic rings. The van der Waals surface area contributed by atoms with Crippen LogP contribution in [-0.2, 0) is 9.53 Å². The summed E-state index contributed by atoms with van der Waals surface area (Å²) in [7, 11) is 0. The number of carbonyl (C=O) groups is 2. The lowest BCUT2D eigenvalue weighted by molar-refractivity contribution is -0.127. The SMILES string of the molecule is CCCN1CCC2(CC1)CN(C(=O)c1cc(-c3ccccc3O)n[nH]1)CCO2.O=CO. The van der Waals surface area contributed by atoms with Gasteiger partial charge in [0, 0.05) is 25.2 Å². The molecule has 9 heteroatoms. The number of para-hydroxylation sites is 1. The first kappa shape index (κ1) is 22.8. The number of ether oxygens (including phenoxy) is 1. The molecule has 2 fully saturated rings. The van der Waals surface area contributed by atoms with E-state index in [2.05, 4.69) is 22.0 Å². The van der Waals surface area contributed by atoms with Gasteiger partial charge in [0.1, 0.15) is 11.4 Å². The first-order chi connectivity index (χ1) is 15.0. The van der Waals surface area contributed by atoms with Crippen LogP contribution < -0.4 is 0 Å². The fraction of sp³-hybridized carbons (Fsp3) is 0.500. The van der Waals surface area contributed by atoms with E-state index in [-0.39, 0.29) is 23.7 Å². The van der Waals surface area contributed by atoms with Gasteiger partial charge in [-0.25, -0.2) is 0 Å². The standard InChI is InChI=1S/C21H28N4O3.CH2O2/c1-2-9-24-10-7-21(8-11-24)15-25(12-13-28-21)20(27)18-14-17(22-23-18)16-5-3-4-6-19(16)26;2-1-3/h3-6,14,26H,2,7-13,15H2,1H3,(H,22,23);1H,(H,2,3). The van der Waals surface area contributed by atoms with Crippen LogP contribution >= 0.6 is 0 Å². The maximum Gasteiger partial charge on any atom is 0.290 e. The van der Waals surface area contributed by atoms with E-state index in [0.717, 1.165) is 38.9 Å². The van der Waals surface area contributed by atoms with Crippen molar-refractivity contribution in [1.29, 1.82) is 0 Å². The zero-order chi connectivity index (χ0) is 22.3. The summed E-state index contributed by atoms with van der Waals surface area (Å²) < 4.78 is 6.16. The molecular formula is C22H30N4O5. The average molecular weight is 431 g/mol. The van der Waals surface area contributed by atoms with Gasteiger partial charge in [0.15, 0.2) is 0 Å². The number of H-pyrrole nitrogens is 1. The van der Waals surface area contributed by atoms with Gasteiger partial charge < -0.3 is 24.7 Å². The summed E-state index contributed by atoms with van der Waals surface area (Å²) >= 11 is 0. The van der Waals surface area contributed by atoms with Gasteiger partial charge in [-0.15, -0.1) is 0 Å². The molecule has 2 saturated heterocycles. The predicted octanol–water partition coefficient (Wildman–Crippen LogP) is 2.20. The molecule has 1 aromatic heterocycles. The van der Waals surface area contributed by atoms with Gasteiger partial charge in [0.25, 0.3) is 12.4 Å². The van der Waals surface area contributed by atoms with Crippen molar-refractivity contribution in [3.05, 3.63) is 36.0 Å². The molecule has 2 aliphatic rings. The number of aromatic amines is 1. The van der Waals surface area contributed by atoms with Crippen LogP contribution in [0, 0.1) is 0 Å². The predicted molar refractivity (Wildman–Crippen MR) is 115 cm³/mol. The number of nitrogens with one attached hydrogen (secondary N) is 1. The topological polar surface area (TPSA) is 119 Å². The van der Waals surface area contributed by atoms with Crippen LogP contribution in [0.5, 0.6) is 5.75 Å². The Morgan fingerprint density at radius 3 is 2.68 bits per heavy atom. The van der Waals surface area contributed by atoms with Crippen LogP contribution in [0.1, 0.15) is 36.7 Å². The second kappa shape index (κ2) is 10.4. The monoisotopic (exact) mass is 430 g/mol. The summed E-state index contributed by atoms with van der Waals surface area (Å²) in [6, 6.07) is 8.71. The molecule has 31 heavy (non-hydrogen) atoms. The van der Waals surface area contributed by atoms with Crippen molar-refractivity contribution in [1.82, 2.24) is 20.0 Å². The third kappa shape index (κ3) is 5.42. The molecule has 0 bridgehead atoms. The fourth-order valence-corrected chi connectivity index (χ4v) is 4.25. The molecule has 1 spiro atoms. The number of amides is 1. The number of hydrogen-bond donors (Lipinski definition) is 3. The molecule has 4 rings (SSSR count). The zero-order valence-corrected chi connectivity index (χ0v) is 17.8. The lowest BCUT2D eigenvalue weighted by atomic mass is 9.89. The van der Waals surface area contributed by atoms with Crippen molar-refractivity contribution >= 4 is 12.4 Å². The Balaban J connectivity index is 0.000000858. The molecule has 0 radical (unpaired) electrons. The summed E-state index contributed by atoms with van der Waals surface area (Å²) in [6.45, 7) is 6.91. The second-order valence-electron chi connectivity index (χ2n) is 7.89. The van der Waals surface area contributed by atoms with Gasteiger partial charge in [0.2, 0.25) is 0 Å². The van der Waals surface area contributed by atoms with Gasteiger partial charge in [-0.2, -0.15) is 5.10 Å². The molecule has 1 amide bonds. The molecule has 0 saturated carbocycles. The lowest BCUT2D eigenvalue weighted by Gasteiger charge is -2.47. The number of morpholine rings is 1. The van der Waals surface area contributed by atoms with Gasteiger partial charge in [0.05, 0.1) is 24.4 Å². The summed E-state index contributed by atoms with van der Waals surface area (Å²) in [4.78, 5) is 25.8. The molecule has 0 aliphatic carbocycles. The Morgan fingerprint density at radius 2 is 2.00 bits per heavy atom. The minimum Gasteiger partial charge on any atom is -0.507 e. The zero-order valence-electron chi connectivity index (χ0n) is 17.8. The molecule has 0 atom stereocenters. The first-order valence-electron chi connectivity index (χ1n) is 10.6. The Morgan fingerprint density at radius 1 is 1.29 bits per heavy atom. The maximum absolute atomic E-state index is 13.0. The molecule has 168 valence electrons. The van der Waals surface area contributed by atoms with Crippen LogP contribution in [0.2, 0.25) is 0 Å². The lowest BCUT2D eigenvalue weighted by Crippen LogP contribution is -2.58. The van der Waals surface area contributed by atoms with Crippen LogP contribution in [0.3, 0.4) is 0 Å². The number of rotatable bonds is 4. The Kier molecular flexibility index (Phi) is 7.64. The number of likely N-dealkylation sites (tertiary alicyclic amines) is 1. The number of carboxylic acid groups (broad SMARTS) is 1. The molecule has 3 heterocycles. The van der Waals surface area contributed by atoms with Crippen molar-refractivity contribution < 1.29 is 24.5 Å². The summed E-state index contributed by atoms with van der Waals surface area (Å²) in [5.41, 5.74) is 1.40. The Labute approximate surface area is 181 Å². The number of hydrogen-bond acceptors (Lipinski definition) is 6. The van der Waals surface area contributed by atoms with Crippen molar-refractivity contribution in [2.45, 2.75) is 31.8 Å². The molecule has 0 unspecified atom stereocenters. The van der Waals surface area contributed by atoms with Crippen LogP contribution in [-0.4, -0.2) is 87.5 Å². The number of phenols is 1. The Bertz CT molecular complexity index is 876. The number of aromatic hydroxyl groups is 1. The number of aromatic nitrogens is 2. The van der Waals surface area contributed by atoms with Crippen molar-refractivity contribution in [3.8, 4) is 17.0 Å². The average Bonchev–Trinajstić information content (AvgIpc) is 3.26.